The molecule has 1 aromatic rings. The van der Waals surface area contributed by atoms with Crippen LogP contribution >= 0.6 is 0 Å². The Morgan fingerprint density at radius 2 is 2.40 bits per heavy atom. The molecule has 10 heavy (non-hydrogen) atoms. The van der Waals surface area contributed by atoms with E-state index in [1.807, 2.05) is 6.07 Å². The Labute approximate surface area is 59.3 Å². The molecule has 3 nitrogen and oxygen atoms in total. The van der Waals surface area contributed by atoms with E-state index in [0.29, 0.717) is 5.69 Å². The van der Waals surface area contributed by atoms with Crippen molar-refractivity contribution in [1.29, 1.82) is 5.26 Å². The summed E-state index contributed by atoms with van der Waals surface area (Å²) in [6.07, 6.45) is 0. The van der Waals surface area contributed by atoms with E-state index in [4.69, 9.17) is 5.26 Å². The van der Waals surface area contributed by atoms with Crippen LogP contribution in [-0.4, -0.2) is 12.0 Å². The predicted octanol–water partition coefficient (Wildman–Crippen LogP) is 0.995. The first-order valence-electron chi connectivity index (χ1n) is 2.91. The van der Waals surface area contributed by atoms with E-state index in [0.717, 1.165) is 5.82 Å². The smallest absolute Gasteiger partial charge is 0.142 e. The number of nitriles is 1. The van der Waals surface area contributed by atoms with Crippen molar-refractivity contribution < 1.29 is 0 Å². The van der Waals surface area contributed by atoms with E-state index in [9.17, 15) is 0 Å². The van der Waals surface area contributed by atoms with Crippen molar-refractivity contribution in [3.8, 4) is 6.07 Å². The maximum Gasteiger partial charge on any atom is 0.142 e. The van der Waals surface area contributed by atoms with Gasteiger partial charge in [-0.3, -0.25) is 0 Å². The first-order valence-corrected chi connectivity index (χ1v) is 2.91. The molecule has 3 heteroatoms. The van der Waals surface area contributed by atoms with Gasteiger partial charge in [0, 0.05) is 7.05 Å². The minimum atomic E-state index is 0.437. The van der Waals surface area contributed by atoms with Crippen LogP contribution in [0.3, 0.4) is 0 Å². The van der Waals surface area contributed by atoms with Gasteiger partial charge >= 0.3 is 0 Å². The third-order valence-electron chi connectivity index (χ3n) is 1.12. The molecule has 1 rings (SSSR count). The largest absolute Gasteiger partial charge is 0.373 e. The Bertz CT molecular complexity index is 262. The minimum absolute atomic E-state index is 0.437. The van der Waals surface area contributed by atoms with Crippen LogP contribution < -0.4 is 5.32 Å². The highest BCUT2D eigenvalue weighted by Crippen LogP contribution is 2.01. The number of aromatic nitrogens is 1. The number of nitrogens with zero attached hydrogens (tertiary/aromatic N) is 2. The molecule has 1 aromatic heterocycles. The average molecular weight is 133 g/mol. The molecule has 0 atom stereocenters. The van der Waals surface area contributed by atoms with Crippen LogP contribution in [0.15, 0.2) is 18.2 Å². The fraction of sp³-hybridized carbons (Fsp3) is 0.143. The SMILES string of the molecule is CNc1cccc(C#N)n1. The molecule has 0 aliphatic carbocycles. The highest BCUT2D eigenvalue weighted by molar-refractivity contribution is 5.37. The fourth-order valence-corrected chi connectivity index (χ4v) is 0.636. The van der Waals surface area contributed by atoms with Crippen molar-refractivity contribution in [1.82, 2.24) is 4.98 Å². The molecule has 1 heterocycles. The van der Waals surface area contributed by atoms with Crippen molar-refractivity contribution in [2.45, 2.75) is 0 Å². The monoisotopic (exact) mass is 133 g/mol. The van der Waals surface area contributed by atoms with Gasteiger partial charge < -0.3 is 5.32 Å². The maximum atomic E-state index is 8.42. The van der Waals surface area contributed by atoms with Crippen LogP contribution in [0.2, 0.25) is 0 Å². The van der Waals surface area contributed by atoms with Crippen LogP contribution in [0.1, 0.15) is 5.69 Å². The third kappa shape index (κ3) is 1.23. The molecule has 0 radical (unpaired) electrons. The number of hydrogen-bond donors (Lipinski definition) is 1. The lowest BCUT2D eigenvalue weighted by molar-refractivity contribution is 1.24. The number of anilines is 1. The lowest BCUT2D eigenvalue weighted by Gasteiger charge is -1.95. The first-order chi connectivity index (χ1) is 4.86. The van der Waals surface area contributed by atoms with Gasteiger partial charge in [0.25, 0.3) is 0 Å². The Hall–Kier alpha value is -1.56. The second kappa shape index (κ2) is 2.83. The molecule has 0 saturated heterocycles. The van der Waals surface area contributed by atoms with Gasteiger partial charge in [0.05, 0.1) is 0 Å². The van der Waals surface area contributed by atoms with Gasteiger partial charge in [-0.2, -0.15) is 5.26 Å². The summed E-state index contributed by atoms with van der Waals surface area (Å²) in [5.74, 6) is 0.721. The molecule has 0 aromatic carbocycles. The molecule has 0 aliphatic heterocycles. The molecule has 0 saturated carbocycles. The minimum Gasteiger partial charge on any atom is -0.373 e. The summed E-state index contributed by atoms with van der Waals surface area (Å²) in [5.41, 5.74) is 0.437. The van der Waals surface area contributed by atoms with E-state index in [1.54, 1.807) is 25.2 Å². The van der Waals surface area contributed by atoms with Crippen molar-refractivity contribution in [3.63, 3.8) is 0 Å². The fourth-order valence-electron chi connectivity index (χ4n) is 0.636. The summed E-state index contributed by atoms with van der Waals surface area (Å²) in [4.78, 5) is 3.94. The van der Waals surface area contributed by atoms with Crippen LogP contribution in [0.5, 0.6) is 0 Å². The summed E-state index contributed by atoms with van der Waals surface area (Å²) in [6, 6.07) is 7.21. The second-order valence-corrected chi connectivity index (χ2v) is 1.77. The van der Waals surface area contributed by atoms with Crippen molar-refractivity contribution in [3.05, 3.63) is 23.9 Å². The van der Waals surface area contributed by atoms with Gasteiger partial charge in [0.15, 0.2) is 0 Å². The molecule has 0 amide bonds. The lowest BCUT2D eigenvalue weighted by atomic mass is 10.4. The summed E-state index contributed by atoms with van der Waals surface area (Å²) in [7, 11) is 1.77. The highest BCUT2D eigenvalue weighted by atomic mass is 15.0. The standard InChI is InChI=1S/C7H7N3/c1-9-7-4-2-3-6(5-8)10-7/h2-4H,1H3,(H,9,10). The van der Waals surface area contributed by atoms with Gasteiger partial charge in [0.2, 0.25) is 0 Å². The Morgan fingerprint density at radius 3 is 3.00 bits per heavy atom. The van der Waals surface area contributed by atoms with Gasteiger partial charge in [-0.1, -0.05) is 6.07 Å². The van der Waals surface area contributed by atoms with Gasteiger partial charge in [-0.15, -0.1) is 0 Å². The summed E-state index contributed by atoms with van der Waals surface area (Å²) in [5, 5.41) is 11.3. The summed E-state index contributed by atoms with van der Waals surface area (Å²) in [6.45, 7) is 0. The Kier molecular flexibility index (Phi) is 1.86. The summed E-state index contributed by atoms with van der Waals surface area (Å²) >= 11 is 0. The van der Waals surface area contributed by atoms with E-state index in [2.05, 4.69) is 10.3 Å². The Balaban J connectivity index is 3.01. The maximum absolute atomic E-state index is 8.42. The normalized spacial score (nSPS) is 8.40. The molecule has 0 aliphatic rings. The second-order valence-electron chi connectivity index (χ2n) is 1.77. The molecule has 0 spiro atoms. The molecular formula is C7H7N3. The van der Waals surface area contributed by atoms with Gasteiger partial charge in [0.1, 0.15) is 17.6 Å². The van der Waals surface area contributed by atoms with E-state index >= 15 is 0 Å². The van der Waals surface area contributed by atoms with Crippen molar-refractivity contribution >= 4 is 5.82 Å². The van der Waals surface area contributed by atoms with Gasteiger partial charge in [-0.05, 0) is 12.1 Å². The average Bonchev–Trinajstić information content (AvgIpc) is 2.05. The van der Waals surface area contributed by atoms with Crippen molar-refractivity contribution in [2.24, 2.45) is 0 Å². The number of nitrogens with one attached hydrogen (secondary N) is 1. The van der Waals surface area contributed by atoms with Crippen LogP contribution in [0.25, 0.3) is 0 Å². The summed E-state index contributed by atoms with van der Waals surface area (Å²) < 4.78 is 0. The zero-order chi connectivity index (χ0) is 7.40. The lowest BCUT2D eigenvalue weighted by Crippen LogP contribution is -1.92. The zero-order valence-electron chi connectivity index (χ0n) is 5.63. The van der Waals surface area contributed by atoms with Gasteiger partial charge in [-0.25, -0.2) is 4.98 Å². The zero-order valence-corrected chi connectivity index (χ0v) is 5.63. The predicted molar refractivity (Wildman–Crippen MR) is 38.5 cm³/mol. The molecular weight excluding hydrogens is 126 g/mol. The number of rotatable bonds is 1. The third-order valence-corrected chi connectivity index (χ3v) is 1.12. The van der Waals surface area contributed by atoms with E-state index in [-0.39, 0.29) is 0 Å². The molecule has 1 N–H and O–H groups in total. The number of pyridine rings is 1. The molecule has 0 unspecified atom stereocenters. The van der Waals surface area contributed by atoms with Crippen LogP contribution in [0, 0.1) is 11.3 Å². The first kappa shape index (κ1) is 6.56. The Morgan fingerprint density at radius 1 is 1.60 bits per heavy atom. The molecule has 0 fully saturated rings. The highest BCUT2D eigenvalue weighted by Gasteiger charge is 1.90. The van der Waals surface area contributed by atoms with Crippen LogP contribution in [-0.2, 0) is 0 Å². The van der Waals surface area contributed by atoms with Crippen molar-refractivity contribution in [2.75, 3.05) is 12.4 Å². The number of hydrogen-bond acceptors (Lipinski definition) is 3. The topological polar surface area (TPSA) is 48.7 Å². The van der Waals surface area contributed by atoms with E-state index < -0.39 is 0 Å². The van der Waals surface area contributed by atoms with Crippen LogP contribution in [0.4, 0.5) is 5.82 Å². The molecule has 50 valence electrons. The quantitative estimate of drug-likeness (QED) is 0.621. The molecule has 0 bridgehead atoms. The van der Waals surface area contributed by atoms with E-state index in [1.165, 1.54) is 0 Å².